The standard InChI is InChI=1S/C10H15NO/c1-3-9-6-5-7-11(8-9)10(12)4-2/h4,6H,2-3,5,7-8H2,1H3. The summed E-state index contributed by atoms with van der Waals surface area (Å²) < 4.78 is 0. The first-order chi connectivity index (χ1) is 5.77. The van der Waals surface area contributed by atoms with Gasteiger partial charge in [-0.1, -0.05) is 25.2 Å². The highest BCUT2D eigenvalue weighted by Crippen LogP contribution is 2.12. The predicted molar refractivity (Wildman–Crippen MR) is 49.8 cm³/mol. The fourth-order valence-electron chi connectivity index (χ4n) is 1.39. The number of amides is 1. The van der Waals surface area contributed by atoms with Crippen LogP contribution in [-0.4, -0.2) is 23.9 Å². The molecule has 1 amide bonds. The Balaban J connectivity index is 2.56. The molecule has 1 rings (SSSR count). The molecule has 0 fully saturated rings. The molecule has 0 bridgehead atoms. The lowest BCUT2D eigenvalue weighted by molar-refractivity contribution is -0.125. The van der Waals surface area contributed by atoms with E-state index >= 15 is 0 Å². The average Bonchev–Trinajstić information content (AvgIpc) is 2.17. The molecule has 0 atom stereocenters. The van der Waals surface area contributed by atoms with Gasteiger partial charge >= 0.3 is 0 Å². The van der Waals surface area contributed by atoms with E-state index in [1.165, 1.54) is 11.6 Å². The molecule has 0 aromatic heterocycles. The van der Waals surface area contributed by atoms with Crippen molar-refractivity contribution in [2.75, 3.05) is 13.1 Å². The van der Waals surface area contributed by atoms with Gasteiger partial charge in [0, 0.05) is 13.1 Å². The largest absolute Gasteiger partial charge is 0.335 e. The molecule has 2 heteroatoms. The van der Waals surface area contributed by atoms with Crippen molar-refractivity contribution in [2.24, 2.45) is 0 Å². The van der Waals surface area contributed by atoms with E-state index in [1.54, 1.807) is 0 Å². The second-order valence-corrected chi connectivity index (χ2v) is 2.97. The van der Waals surface area contributed by atoms with E-state index in [0.29, 0.717) is 0 Å². The lowest BCUT2D eigenvalue weighted by Gasteiger charge is -2.25. The van der Waals surface area contributed by atoms with E-state index in [1.807, 2.05) is 4.90 Å². The Morgan fingerprint density at radius 3 is 3.17 bits per heavy atom. The topological polar surface area (TPSA) is 20.3 Å². The van der Waals surface area contributed by atoms with Crippen LogP contribution in [0.5, 0.6) is 0 Å². The molecule has 0 unspecified atom stereocenters. The van der Waals surface area contributed by atoms with Crippen LogP contribution in [-0.2, 0) is 4.79 Å². The summed E-state index contributed by atoms with van der Waals surface area (Å²) in [6, 6.07) is 0. The van der Waals surface area contributed by atoms with Crippen molar-refractivity contribution in [3.63, 3.8) is 0 Å². The van der Waals surface area contributed by atoms with Crippen molar-refractivity contribution in [2.45, 2.75) is 19.8 Å². The Morgan fingerprint density at radius 1 is 1.83 bits per heavy atom. The van der Waals surface area contributed by atoms with Crippen LogP contribution >= 0.6 is 0 Å². The number of nitrogens with zero attached hydrogens (tertiary/aromatic N) is 1. The van der Waals surface area contributed by atoms with Gasteiger partial charge in [-0.25, -0.2) is 0 Å². The Morgan fingerprint density at radius 2 is 2.58 bits per heavy atom. The van der Waals surface area contributed by atoms with Crippen LogP contribution < -0.4 is 0 Å². The lowest BCUT2D eigenvalue weighted by Crippen LogP contribution is -2.34. The second-order valence-electron chi connectivity index (χ2n) is 2.97. The third-order valence-electron chi connectivity index (χ3n) is 2.17. The molecule has 1 heterocycles. The Bertz CT molecular complexity index is 218. The highest BCUT2D eigenvalue weighted by molar-refractivity contribution is 5.87. The van der Waals surface area contributed by atoms with E-state index in [4.69, 9.17) is 0 Å². The van der Waals surface area contributed by atoms with Crippen molar-refractivity contribution in [1.82, 2.24) is 4.90 Å². The zero-order chi connectivity index (χ0) is 8.97. The molecular weight excluding hydrogens is 150 g/mol. The van der Waals surface area contributed by atoms with E-state index in [9.17, 15) is 4.79 Å². The smallest absolute Gasteiger partial charge is 0.246 e. The van der Waals surface area contributed by atoms with Gasteiger partial charge in [0.1, 0.15) is 0 Å². The fraction of sp³-hybridized carbons (Fsp3) is 0.500. The van der Waals surface area contributed by atoms with Gasteiger partial charge in [0.2, 0.25) is 5.91 Å². The summed E-state index contributed by atoms with van der Waals surface area (Å²) in [6.45, 7) is 7.23. The van der Waals surface area contributed by atoms with E-state index in [2.05, 4.69) is 19.6 Å². The molecule has 0 saturated carbocycles. The minimum Gasteiger partial charge on any atom is -0.335 e. The summed E-state index contributed by atoms with van der Waals surface area (Å²) in [4.78, 5) is 13.0. The van der Waals surface area contributed by atoms with Gasteiger partial charge in [0.25, 0.3) is 0 Å². The van der Waals surface area contributed by atoms with Crippen LogP contribution in [0.4, 0.5) is 0 Å². The van der Waals surface area contributed by atoms with Gasteiger partial charge in [-0.2, -0.15) is 0 Å². The molecule has 1 aliphatic rings. The first-order valence-electron chi connectivity index (χ1n) is 4.37. The first-order valence-corrected chi connectivity index (χ1v) is 4.37. The van der Waals surface area contributed by atoms with Crippen molar-refractivity contribution in [3.8, 4) is 0 Å². The Hall–Kier alpha value is -1.05. The molecule has 0 N–H and O–H groups in total. The minimum absolute atomic E-state index is 0.0500. The van der Waals surface area contributed by atoms with Gasteiger partial charge < -0.3 is 4.90 Å². The van der Waals surface area contributed by atoms with Gasteiger partial charge in [-0.3, -0.25) is 4.79 Å². The number of carbonyl (C=O) groups excluding carboxylic acids is 1. The normalized spacial score (nSPS) is 17.1. The monoisotopic (exact) mass is 165 g/mol. The quantitative estimate of drug-likeness (QED) is 0.451. The zero-order valence-corrected chi connectivity index (χ0v) is 7.55. The summed E-state index contributed by atoms with van der Waals surface area (Å²) in [5.41, 5.74) is 1.36. The number of hydrogen-bond donors (Lipinski definition) is 0. The predicted octanol–water partition coefficient (Wildman–Crippen LogP) is 1.74. The molecule has 2 nitrogen and oxygen atoms in total. The van der Waals surface area contributed by atoms with Crippen molar-refractivity contribution >= 4 is 5.91 Å². The highest BCUT2D eigenvalue weighted by Gasteiger charge is 2.13. The molecule has 0 saturated heterocycles. The van der Waals surface area contributed by atoms with E-state index in [0.717, 1.165) is 25.9 Å². The summed E-state index contributed by atoms with van der Waals surface area (Å²) in [6.07, 6.45) is 5.65. The molecule has 0 aromatic rings. The van der Waals surface area contributed by atoms with Crippen LogP contribution in [0, 0.1) is 0 Å². The highest BCUT2D eigenvalue weighted by atomic mass is 16.2. The van der Waals surface area contributed by atoms with Crippen LogP contribution in [0.1, 0.15) is 19.8 Å². The van der Waals surface area contributed by atoms with Crippen molar-refractivity contribution in [3.05, 3.63) is 24.3 Å². The number of hydrogen-bond acceptors (Lipinski definition) is 1. The summed E-state index contributed by atoms with van der Waals surface area (Å²) >= 11 is 0. The van der Waals surface area contributed by atoms with E-state index < -0.39 is 0 Å². The SMILES string of the molecule is C=CC(=O)N1CCC=C(CC)C1. The lowest BCUT2D eigenvalue weighted by atomic mass is 10.1. The maximum Gasteiger partial charge on any atom is 0.246 e. The molecule has 0 spiro atoms. The summed E-state index contributed by atoms with van der Waals surface area (Å²) in [5, 5.41) is 0. The number of rotatable bonds is 2. The third kappa shape index (κ3) is 1.97. The van der Waals surface area contributed by atoms with E-state index in [-0.39, 0.29) is 5.91 Å². The number of carbonyl (C=O) groups is 1. The van der Waals surface area contributed by atoms with Crippen LogP contribution in [0.3, 0.4) is 0 Å². The molecule has 0 aromatic carbocycles. The van der Waals surface area contributed by atoms with Crippen molar-refractivity contribution in [1.29, 1.82) is 0 Å². The summed E-state index contributed by atoms with van der Waals surface area (Å²) in [5.74, 6) is 0.0500. The fourth-order valence-corrected chi connectivity index (χ4v) is 1.39. The van der Waals surface area contributed by atoms with Crippen LogP contribution in [0.25, 0.3) is 0 Å². The molecule has 66 valence electrons. The molecule has 12 heavy (non-hydrogen) atoms. The second kappa shape index (κ2) is 4.10. The van der Waals surface area contributed by atoms with Crippen LogP contribution in [0.15, 0.2) is 24.3 Å². The first kappa shape index (κ1) is 9.04. The zero-order valence-electron chi connectivity index (χ0n) is 7.55. The minimum atomic E-state index is 0.0500. The molecular formula is C10H15NO. The molecule has 0 aliphatic carbocycles. The van der Waals surface area contributed by atoms with Crippen LogP contribution in [0.2, 0.25) is 0 Å². The molecule has 0 radical (unpaired) electrons. The maximum absolute atomic E-state index is 11.2. The Kier molecular flexibility index (Phi) is 3.09. The van der Waals surface area contributed by atoms with Gasteiger partial charge in [0.15, 0.2) is 0 Å². The van der Waals surface area contributed by atoms with Crippen molar-refractivity contribution < 1.29 is 4.79 Å². The van der Waals surface area contributed by atoms with Gasteiger partial charge in [-0.05, 0) is 18.9 Å². The molecule has 1 aliphatic heterocycles. The average molecular weight is 165 g/mol. The Labute approximate surface area is 73.6 Å². The van der Waals surface area contributed by atoms with Gasteiger partial charge in [-0.15, -0.1) is 0 Å². The third-order valence-corrected chi connectivity index (χ3v) is 2.17. The maximum atomic E-state index is 11.2. The summed E-state index contributed by atoms with van der Waals surface area (Å²) in [7, 11) is 0. The van der Waals surface area contributed by atoms with Gasteiger partial charge in [0.05, 0.1) is 0 Å².